The molecule has 2 rings (SSSR count). The van der Waals surface area contributed by atoms with Crippen LogP contribution in [-0.2, 0) is 0 Å². The van der Waals surface area contributed by atoms with Crippen LogP contribution in [0.15, 0.2) is 0 Å². The molecule has 1 aromatic heterocycles. The third kappa shape index (κ3) is 1.11. The summed E-state index contributed by atoms with van der Waals surface area (Å²) in [6.45, 7) is 3.83. The first-order valence-electron chi connectivity index (χ1n) is 3.77. The van der Waals surface area contributed by atoms with Crippen LogP contribution in [0.2, 0.25) is 10.0 Å². The van der Waals surface area contributed by atoms with E-state index in [1.165, 1.54) is 0 Å². The summed E-state index contributed by atoms with van der Waals surface area (Å²) < 4.78 is 0. The van der Waals surface area contributed by atoms with Crippen LogP contribution in [0.5, 0.6) is 0 Å². The molecular formula is C8H7Cl2N3. The first kappa shape index (κ1) is 8.78. The average molecular weight is 216 g/mol. The van der Waals surface area contributed by atoms with E-state index >= 15 is 0 Å². The maximum absolute atomic E-state index is 6.06. The van der Waals surface area contributed by atoms with Gasteiger partial charge in [-0.05, 0) is 25.0 Å². The van der Waals surface area contributed by atoms with Crippen LogP contribution in [0, 0.1) is 13.8 Å². The number of nitrogens with one attached hydrogen (secondary N) is 1. The van der Waals surface area contributed by atoms with Gasteiger partial charge in [0.1, 0.15) is 11.0 Å². The normalized spacial score (nSPS) is 11.1. The van der Waals surface area contributed by atoms with Crippen molar-refractivity contribution >= 4 is 34.2 Å². The number of halogens is 2. The second kappa shape index (κ2) is 2.86. The Morgan fingerprint density at radius 2 is 1.31 bits per heavy atom. The molecule has 0 unspecified atom stereocenters. The first-order valence-corrected chi connectivity index (χ1v) is 4.53. The average Bonchev–Trinajstić information content (AvgIpc) is 2.59. The molecule has 0 fully saturated rings. The Labute approximate surface area is 85.0 Å². The molecule has 68 valence electrons. The number of fused-ring (bicyclic) bond motifs is 1. The summed E-state index contributed by atoms with van der Waals surface area (Å²) in [5, 5.41) is 11.6. The summed E-state index contributed by atoms with van der Waals surface area (Å²) in [5.41, 5.74) is 3.17. The minimum absolute atomic E-state index is 0.616. The third-order valence-corrected chi connectivity index (χ3v) is 3.11. The van der Waals surface area contributed by atoms with Crippen molar-refractivity contribution in [3.8, 4) is 0 Å². The predicted octanol–water partition coefficient (Wildman–Crippen LogP) is 2.88. The van der Waals surface area contributed by atoms with Gasteiger partial charge in [0, 0.05) is 0 Å². The summed E-state index contributed by atoms with van der Waals surface area (Å²) in [6.07, 6.45) is 0. The van der Waals surface area contributed by atoms with Crippen LogP contribution in [-0.4, -0.2) is 15.4 Å². The molecule has 1 N–H and O–H groups in total. The molecule has 0 bridgehead atoms. The van der Waals surface area contributed by atoms with Crippen molar-refractivity contribution in [1.82, 2.24) is 15.4 Å². The maximum atomic E-state index is 6.06. The van der Waals surface area contributed by atoms with Gasteiger partial charge in [-0.2, -0.15) is 15.4 Å². The number of H-pyrrole nitrogens is 1. The van der Waals surface area contributed by atoms with Crippen molar-refractivity contribution < 1.29 is 0 Å². The van der Waals surface area contributed by atoms with E-state index in [4.69, 9.17) is 23.2 Å². The van der Waals surface area contributed by atoms with Gasteiger partial charge in [-0.15, -0.1) is 0 Å². The van der Waals surface area contributed by atoms with Gasteiger partial charge in [-0.3, -0.25) is 0 Å². The van der Waals surface area contributed by atoms with Gasteiger partial charge < -0.3 is 0 Å². The predicted molar refractivity (Wildman–Crippen MR) is 53.4 cm³/mol. The van der Waals surface area contributed by atoms with Crippen molar-refractivity contribution in [2.24, 2.45) is 0 Å². The Hall–Kier alpha value is -0.800. The smallest absolute Gasteiger partial charge is 0.133 e. The van der Waals surface area contributed by atoms with E-state index in [9.17, 15) is 0 Å². The lowest BCUT2D eigenvalue weighted by molar-refractivity contribution is 0.959. The van der Waals surface area contributed by atoms with Crippen molar-refractivity contribution in [3.63, 3.8) is 0 Å². The standard InChI is InChI=1S/C8H7Cl2N3/c1-3-4(2)6(10)8-7(5(3)9)11-13-12-8/h1-2H3,(H,11,12,13). The Morgan fingerprint density at radius 3 is 1.69 bits per heavy atom. The molecule has 0 aliphatic carbocycles. The quantitative estimate of drug-likeness (QED) is 0.735. The molecule has 0 spiro atoms. The lowest BCUT2D eigenvalue weighted by Gasteiger charge is -2.04. The zero-order chi connectivity index (χ0) is 9.59. The number of rotatable bonds is 0. The van der Waals surface area contributed by atoms with Crippen molar-refractivity contribution in [2.75, 3.05) is 0 Å². The SMILES string of the molecule is Cc1c(C)c(Cl)c2n[nH]nc2c1Cl. The molecule has 5 heteroatoms. The van der Waals surface area contributed by atoms with Crippen LogP contribution in [0.1, 0.15) is 11.1 Å². The fraction of sp³-hybridized carbons (Fsp3) is 0.250. The fourth-order valence-electron chi connectivity index (χ4n) is 1.22. The highest BCUT2D eigenvalue weighted by atomic mass is 35.5. The van der Waals surface area contributed by atoms with Gasteiger partial charge in [0.15, 0.2) is 0 Å². The summed E-state index contributed by atoms with van der Waals surface area (Å²) >= 11 is 12.1. The largest absolute Gasteiger partial charge is 0.197 e. The molecule has 0 radical (unpaired) electrons. The third-order valence-electron chi connectivity index (χ3n) is 2.18. The minimum atomic E-state index is 0.616. The Balaban J connectivity index is 3.02. The highest BCUT2D eigenvalue weighted by molar-refractivity contribution is 6.40. The Bertz CT molecular complexity index is 434. The van der Waals surface area contributed by atoms with E-state index in [2.05, 4.69) is 15.4 Å². The van der Waals surface area contributed by atoms with Gasteiger partial charge in [-0.25, -0.2) is 0 Å². The summed E-state index contributed by atoms with van der Waals surface area (Å²) in [5.74, 6) is 0. The number of hydrogen-bond acceptors (Lipinski definition) is 2. The molecule has 0 saturated heterocycles. The van der Waals surface area contributed by atoms with E-state index in [1.807, 2.05) is 13.8 Å². The molecule has 3 nitrogen and oxygen atoms in total. The van der Waals surface area contributed by atoms with Gasteiger partial charge >= 0.3 is 0 Å². The molecule has 1 aromatic carbocycles. The topological polar surface area (TPSA) is 41.6 Å². The van der Waals surface area contributed by atoms with E-state index in [0.29, 0.717) is 21.1 Å². The van der Waals surface area contributed by atoms with Crippen LogP contribution >= 0.6 is 23.2 Å². The van der Waals surface area contributed by atoms with Crippen LogP contribution < -0.4 is 0 Å². The number of benzene rings is 1. The second-order valence-corrected chi connectivity index (χ2v) is 3.65. The second-order valence-electron chi connectivity index (χ2n) is 2.90. The van der Waals surface area contributed by atoms with Crippen LogP contribution in [0.4, 0.5) is 0 Å². The summed E-state index contributed by atoms with van der Waals surface area (Å²) in [6, 6.07) is 0. The van der Waals surface area contributed by atoms with Crippen LogP contribution in [0.3, 0.4) is 0 Å². The number of nitrogens with zero attached hydrogens (tertiary/aromatic N) is 2. The lowest BCUT2D eigenvalue weighted by atomic mass is 10.1. The Morgan fingerprint density at radius 1 is 0.923 bits per heavy atom. The van der Waals surface area contributed by atoms with E-state index in [0.717, 1.165) is 11.1 Å². The molecule has 13 heavy (non-hydrogen) atoms. The zero-order valence-corrected chi connectivity index (χ0v) is 8.66. The highest BCUT2D eigenvalue weighted by Gasteiger charge is 2.14. The highest BCUT2D eigenvalue weighted by Crippen LogP contribution is 2.33. The van der Waals surface area contributed by atoms with Gasteiger partial charge in [0.25, 0.3) is 0 Å². The molecule has 0 aliphatic heterocycles. The molecule has 0 amide bonds. The van der Waals surface area contributed by atoms with E-state index < -0.39 is 0 Å². The number of hydrogen-bond donors (Lipinski definition) is 1. The van der Waals surface area contributed by atoms with E-state index in [1.54, 1.807) is 0 Å². The number of aromatic nitrogens is 3. The molecule has 0 atom stereocenters. The lowest BCUT2D eigenvalue weighted by Crippen LogP contribution is -1.87. The van der Waals surface area contributed by atoms with Crippen molar-refractivity contribution in [3.05, 3.63) is 21.2 Å². The molecule has 0 saturated carbocycles. The fourth-order valence-corrected chi connectivity index (χ4v) is 1.77. The van der Waals surface area contributed by atoms with Crippen molar-refractivity contribution in [2.45, 2.75) is 13.8 Å². The number of aromatic amines is 1. The van der Waals surface area contributed by atoms with Gasteiger partial charge in [-0.1, -0.05) is 23.2 Å². The minimum Gasteiger partial charge on any atom is -0.197 e. The van der Waals surface area contributed by atoms with Gasteiger partial charge in [0.2, 0.25) is 0 Å². The monoisotopic (exact) mass is 215 g/mol. The zero-order valence-electron chi connectivity index (χ0n) is 7.15. The van der Waals surface area contributed by atoms with Crippen molar-refractivity contribution in [1.29, 1.82) is 0 Å². The van der Waals surface area contributed by atoms with Crippen LogP contribution in [0.25, 0.3) is 11.0 Å². The molecular weight excluding hydrogens is 209 g/mol. The van der Waals surface area contributed by atoms with E-state index in [-0.39, 0.29) is 0 Å². The summed E-state index contributed by atoms with van der Waals surface area (Å²) in [4.78, 5) is 0. The first-order chi connectivity index (χ1) is 6.13. The maximum Gasteiger partial charge on any atom is 0.133 e. The molecule has 1 heterocycles. The molecule has 2 aromatic rings. The van der Waals surface area contributed by atoms with Gasteiger partial charge in [0.05, 0.1) is 10.0 Å². The Kier molecular flexibility index (Phi) is 1.93. The summed E-state index contributed by atoms with van der Waals surface area (Å²) in [7, 11) is 0. The molecule has 0 aliphatic rings.